The Labute approximate surface area is 74.7 Å². The van der Waals surface area contributed by atoms with Gasteiger partial charge in [0.1, 0.15) is 6.04 Å². The summed E-state index contributed by atoms with van der Waals surface area (Å²) in [6, 6.07) is -1.94. The van der Waals surface area contributed by atoms with Crippen molar-refractivity contribution in [2.45, 2.75) is 44.9 Å². The number of hydrogen-bond donors (Lipinski definition) is 0. The van der Waals surface area contributed by atoms with Crippen molar-refractivity contribution >= 4 is 5.91 Å². The van der Waals surface area contributed by atoms with Crippen LogP contribution in [0.2, 0.25) is 0 Å². The summed E-state index contributed by atoms with van der Waals surface area (Å²) in [6.45, 7) is 3.20. The van der Waals surface area contributed by atoms with Crippen LogP contribution in [0.25, 0.3) is 0 Å². The molecule has 0 bridgehead atoms. The molecule has 0 spiro atoms. The number of hydrogen-bond acceptors (Lipinski definition) is 1. The molecule has 1 heterocycles. The molecule has 0 radical (unpaired) electrons. The van der Waals surface area contributed by atoms with Gasteiger partial charge in [-0.25, -0.2) is 0 Å². The fourth-order valence-electron chi connectivity index (χ4n) is 1.67. The molecule has 1 aliphatic heterocycles. The Bertz CT molecular complexity index is 212. The molecule has 1 amide bonds. The lowest BCUT2D eigenvalue weighted by Gasteiger charge is -2.29. The summed E-state index contributed by atoms with van der Waals surface area (Å²) >= 11 is 0. The number of likely N-dealkylation sites (tertiary alicyclic amines) is 1. The topological polar surface area (TPSA) is 20.3 Å². The van der Waals surface area contributed by atoms with E-state index in [1.807, 2.05) is 0 Å². The van der Waals surface area contributed by atoms with Crippen LogP contribution in [-0.4, -0.2) is 29.1 Å². The molecular weight excluding hydrogens is 183 g/mol. The van der Waals surface area contributed by atoms with Crippen LogP contribution >= 0.6 is 0 Å². The highest BCUT2D eigenvalue weighted by Crippen LogP contribution is 2.34. The summed E-state index contributed by atoms with van der Waals surface area (Å²) in [5.74, 6) is -0.391. The van der Waals surface area contributed by atoms with Crippen molar-refractivity contribution in [3.05, 3.63) is 0 Å². The molecule has 0 aliphatic carbocycles. The lowest BCUT2D eigenvalue weighted by atomic mass is 10.2. The van der Waals surface area contributed by atoms with E-state index < -0.39 is 18.1 Å². The summed E-state index contributed by atoms with van der Waals surface area (Å²) in [5.41, 5.74) is 0. The molecule has 5 heteroatoms. The van der Waals surface area contributed by atoms with Crippen LogP contribution in [0, 0.1) is 0 Å². The average molecular weight is 195 g/mol. The van der Waals surface area contributed by atoms with Crippen LogP contribution < -0.4 is 0 Å². The van der Waals surface area contributed by atoms with Gasteiger partial charge in [-0.3, -0.25) is 4.79 Å². The molecule has 1 aliphatic rings. The Hall–Kier alpha value is -0.740. The average Bonchev–Trinajstić information content (AvgIpc) is 2.28. The van der Waals surface area contributed by atoms with E-state index in [1.54, 1.807) is 13.8 Å². The van der Waals surface area contributed by atoms with Gasteiger partial charge in [0, 0.05) is 12.5 Å². The molecule has 0 aromatic heterocycles. The molecule has 1 fully saturated rings. The van der Waals surface area contributed by atoms with Gasteiger partial charge in [0.25, 0.3) is 0 Å². The van der Waals surface area contributed by atoms with Crippen LogP contribution in [0.5, 0.6) is 0 Å². The van der Waals surface area contributed by atoms with Crippen molar-refractivity contribution in [3.63, 3.8) is 0 Å². The first-order valence-electron chi connectivity index (χ1n) is 4.22. The van der Waals surface area contributed by atoms with Gasteiger partial charge < -0.3 is 4.90 Å². The van der Waals surface area contributed by atoms with Crippen molar-refractivity contribution < 1.29 is 18.0 Å². The Morgan fingerprint density at radius 2 is 2.00 bits per heavy atom. The predicted octanol–water partition coefficient (Wildman–Crippen LogP) is 1.95. The maximum Gasteiger partial charge on any atom is 0.408 e. The van der Waals surface area contributed by atoms with Gasteiger partial charge in [-0.1, -0.05) is 0 Å². The zero-order chi connectivity index (χ0) is 10.2. The van der Waals surface area contributed by atoms with Crippen molar-refractivity contribution in [2.75, 3.05) is 0 Å². The van der Waals surface area contributed by atoms with Crippen LogP contribution in [-0.2, 0) is 4.79 Å². The molecule has 76 valence electrons. The van der Waals surface area contributed by atoms with Crippen molar-refractivity contribution in [2.24, 2.45) is 0 Å². The van der Waals surface area contributed by atoms with Crippen molar-refractivity contribution in [1.82, 2.24) is 4.90 Å². The number of alkyl halides is 3. The third-order valence-electron chi connectivity index (χ3n) is 2.19. The first-order valence-corrected chi connectivity index (χ1v) is 4.22. The number of carbonyl (C=O) groups excluding carboxylic acids is 1. The number of rotatable bonds is 1. The third-order valence-corrected chi connectivity index (χ3v) is 2.19. The highest BCUT2D eigenvalue weighted by Gasteiger charge is 2.49. The Morgan fingerprint density at radius 3 is 2.31 bits per heavy atom. The summed E-state index contributed by atoms with van der Waals surface area (Å²) in [7, 11) is 0. The quantitative estimate of drug-likeness (QED) is 0.626. The first kappa shape index (κ1) is 10.3. The van der Waals surface area contributed by atoms with Gasteiger partial charge in [-0.2, -0.15) is 13.2 Å². The monoisotopic (exact) mass is 195 g/mol. The predicted molar refractivity (Wildman–Crippen MR) is 41.1 cm³/mol. The van der Waals surface area contributed by atoms with E-state index in [4.69, 9.17) is 0 Å². The van der Waals surface area contributed by atoms with Crippen molar-refractivity contribution in [3.8, 4) is 0 Å². The Morgan fingerprint density at radius 1 is 1.46 bits per heavy atom. The number of halogens is 3. The molecule has 2 nitrogen and oxygen atoms in total. The number of amides is 1. The van der Waals surface area contributed by atoms with Crippen LogP contribution in [0.15, 0.2) is 0 Å². The lowest BCUT2D eigenvalue weighted by Crippen LogP contribution is -2.46. The SMILES string of the molecule is CC(C)N1C(=O)CC[C@H]1C(F)(F)F. The van der Waals surface area contributed by atoms with E-state index in [2.05, 4.69) is 0 Å². The highest BCUT2D eigenvalue weighted by atomic mass is 19.4. The van der Waals surface area contributed by atoms with Gasteiger partial charge in [-0.05, 0) is 20.3 Å². The zero-order valence-corrected chi connectivity index (χ0v) is 7.56. The molecule has 1 saturated heterocycles. The molecular formula is C8H12F3NO. The van der Waals surface area contributed by atoms with E-state index in [-0.39, 0.29) is 18.9 Å². The standard InChI is InChI=1S/C8H12F3NO/c1-5(2)12-6(8(9,10)11)3-4-7(12)13/h5-6H,3-4H2,1-2H3/t6-/m0/s1. The van der Waals surface area contributed by atoms with Gasteiger partial charge >= 0.3 is 6.18 Å². The minimum absolute atomic E-state index is 0.0162. The van der Waals surface area contributed by atoms with Crippen LogP contribution in [0.1, 0.15) is 26.7 Å². The Kier molecular flexibility index (Phi) is 2.54. The lowest BCUT2D eigenvalue weighted by molar-refractivity contribution is -0.184. The second-order valence-electron chi connectivity index (χ2n) is 3.49. The highest BCUT2D eigenvalue weighted by molar-refractivity contribution is 5.79. The normalized spacial score (nSPS) is 24.6. The molecule has 0 unspecified atom stereocenters. The molecule has 13 heavy (non-hydrogen) atoms. The summed E-state index contributed by atoms with van der Waals surface area (Å²) in [5, 5.41) is 0. The maximum atomic E-state index is 12.4. The molecule has 1 atom stereocenters. The van der Waals surface area contributed by atoms with E-state index in [0.29, 0.717) is 0 Å². The van der Waals surface area contributed by atoms with Gasteiger partial charge in [0.05, 0.1) is 0 Å². The largest absolute Gasteiger partial charge is 0.408 e. The summed E-state index contributed by atoms with van der Waals surface area (Å²) < 4.78 is 37.1. The summed E-state index contributed by atoms with van der Waals surface area (Å²) in [4.78, 5) is 12.0. The van der Waals surface area contributed by atoms with E-state index in [0.717, 1.165) is 4.90 Å². The second kappa shape index (κ2) is 3.20. The molecule has 0 aromatic rings. The fraction of sp³-hybridized carbons (Fsp3) is 0.875. The smallest absolute Gasteiger partial charge is 0.328 e. The minimum atomic E-state index is -4.28. The van der Waals surface area contributed by atoms with Gasteiger partial charge in [0.2, 0.25) is 5.91 Å². The molecule has 0 N–H and O–H groups in total. The second-order valence-corrected chi connectivity index (χ2v) is 3.49. The van der Waals surface area contributed by atoms with E-state index in [1.165, 1.54) is 0 Å². The number of carbonyl (C=O) groups is 1. The van der Waals surface area contributed by atoms with Gasteiger partial charge in [-0.15, -0.1) is 0 Å². The van der Waals surface area contributed by atoms with E-state index in [9.17, 15) is 18.0 Å². The van der Waals surface area contributed by atoms with E-state index >= 15 is 0 Å². The zero-order valence-electron chi connectivity index (χ0n) is 7.56. The maximum absolute atomic E-state index is 12.4. The summed E-state index contributed by atoms with van der Waals surface area (Å²) in [6.07, 6.45) is -4.36. The molecule has 1 rings (SSSR count). The Balaban J connectivity index is 2.82. The first-order chi connectivity index (χ1) is 5.84. The fourth-order valence-corrected chi connectivity index (χ4v) is 1.67. The number of nitrogens with zero attached hydrogens (tertiary/aromatic N) is 1. The molecule has 0 aromatic carbocycles. The van der Waals surface area contributed by atoms with Crippen LogP contribution in [0.4, 0.5) is 13.2 Å². The van der Waals surface area contributed by atoms with Crippen molar-refractivity contribution in [1.29, 1.82) is 0 Å². The van der Waals surface area contributed by atoms with Crippen LogP contribution in [0.3, 0.4) is 0 Å². The third kappa shape index (κ3) is 1.95. The molecule has 0 saturated carbocycles. The minimum Gasteiger partial charge on any atom is -0.328 e. The van der Waals surface area contributed by atoms with Gasteiger partial charge in [0.15, 0.2) is 0 Å².